The highest BCUT2D eigenvalue weighted by molar-refractivity contribution is 5.94. The Morgan fingerprint density at radius 3 is 2.52 bits per heavy atom. The molecule has 1 saturated heterocycles. The molecule has 3 rings (SSSR count). The second kappa shape index (κ2) is 6.74. The Morgan fingerprint density at radius 2 is 1.88 bits per heavy atom. The molecule has 2 aromatic rings. The van der Waals surface area contributed by atoms with Crippen LogP contribution >= 0.6 is 0 Å². The molecule has 2 heterocycles. The number of anilines is 1. The van der Waals surface area contributed by atoms with E-state index in [1.807, 2.05) is 19.1 Å². The number of rotatable bonds is 2. The zero-order chi connectivity index (χ0) is 18.0. The van der Waals surface area contributed by atoms with E-state index in [-0.39, 0.29) is 17.5 Å². The second-order valence-corrected chi connectivity index (χ2v) is 6.08. The Hall–Kier alpha value is -2.57. The fraction of sp³-hybridized carbons (Fsp3) is 0.333. The molecule has 4 nitrogen and oxygen atoms in total. The fourth-order valence-corrected chi connectivity index (χ4v) is 3.04. The largest absolute Gasteiger partial charge is 0.416 e. The molecule has 1 atom stereocenters. The minimum atomic E-state index is -4.46. The topological polar surface area (TPSA) is 36.4 Å². The molecule has 0 N–H and O–H groups in total. The number of benzene rings is 1. The van der Waals surface area contributed by atoms with E-state index in [4.69, 9.17) is 0 Å². The third-order valence-electron chi connectivity index (χ3n) is 4.35. The first-order valence-electron chi connectivity index (χ1n) is 7.99. The number of piperazine rings is 1. The van der Waals surface area contributed by atoms with Gasteiger partial charge in [-0.1, -0.05) is 6.07 Å². The summed E-state index contributed by atoms with van der Waals surface area (Å²) in [7, 11) is 0. The predicted molar refractivity (Wildman–Crippen MR) is 88.4 cm³/mol. The van der Waals surface area contributed by atoms with Crippen molar-refractivity contribution in [1.29, 1.82) is 0 Å². The van der Waals surface area contributed by atoms with E-state index in [2.05, 4.69) is 9.88 Å². The van der Waals surface area contributed by atoms with Crippen molar-refractivity contribution in [3.05, 3.63) is 59.9 Å². The van der Waals surface area contributed by atoms with Crippen LogP contribution in [0.5, 0.6) is 0 Å². The minimum Gasteiger partial charge on any atom is -0.368 e. The lowest BCUT2D eigenvalue weighted by Gasteiger charge is -2.41. The zero-order valence-corrected chi connectivity index (χ0v) is 13.7. The maximum absolute atomic E-state index is 12.9. The van der Waals surface area contributed by atoms with Crippen LogP contribution in [0.4, 0.5) is 18.9 Å². The third kappa shape index (κ3) is 3.75. The summed E-state index contributed by atoms with van der Waals surface area (Å²) in [4.78, 5) is 20.4. The number of hydrogen-bond acceptors (Lipinski definition) is 3. The van der Waals surface area contributed by atoms with Crippen LogP contribution in [0.3, 0.4) is 0 Å². The van der Waals surface area contributed by atoms with Crippen LogP contribution in [0.15, 0.2) is 48.8 Å². The third-order valence-corrected chi connectivity index (χ3v) is 4.35. The van der Waals surface area contributed by atoms with Gasteiger partial charge in [-0.3, -0.25) is 9.78 Å². The number of carbonyl (C=O) groups excluding carboxylic acids is 1. The highest BCUT2D eigenvalue weighted by Crippen LogP contribution is 2.30. The van der Waals surface area contributed by atoms with Crippen molar-refractivity contribution in [2.45, 2.75) is 19.1 Å². The van der Waals surface area contributed by atoms with Crippen molar-refractivity contribution in [2.24, 2.45) is 0 Å². The van der Waals surface area contributed by atoms with Gasteiger partial charge in [0.05, 0.1) is 5.56 Å². The SMILES string of the molecule is CC1CN(c2ccncc2)CCN1C(=O)c1cccc(C(F)(F)F)c1. The second-order valence-electron chi connectivity index (χ2n) is 6.08. The highest BCUT2D eigenvalue weighted by atomic mass is 19.4. The van der Waals surface area contributed by atoms with Crippen molar-refractivity contribution in [3.8, 4) is 0 Å². The van der Waals surface area contributed by atoms with Gasteiger partial charge in [-0.05, 0) is 37.3 Å². The van der Waals surface area contributed by atoms with E-state index in [1.54, 1.807) is 17.3 Å². The van der Waals surface area contributed by atoms with Crippen LogP contribution < -0.4 is 4.90 Å². The van der Waals surface area contributed by atoms with Crippen LogP contribution in [0.2, 0.25) is 0 Å². The number of alkyl halides is 3. The summed E-state index contributed by atoms with van der Waals surface area (Å²) in [6.45, 7) is 3.60. The molecule has 1 unspecified atom stereocenters. The average Bonchev–Trinajstić information content (AvgIpc) is 2.61. The highest BCUT2D eigenvalue weighted by Gasteiger charge is 2.33. The number of amides is 1. The van der Waals surface area contributed by atoms with Gasteiger partial charge in [-0.15, -0.1) is 0 Å². The smallest absolute Gasteiger partial charge is 0.368 e. The summed E-state index contributed by atoms with van der Waals surface area (Å²) in [5, 5.41) is 0. The normalized spacial score (nSPS) is 18.3. The molecule has 132 valence electrons. The molecule has 0 saturated carbocycles. The molecule has 0 radical (unpaired) electrons. The molecule has 25 heavy (non-hydrogen) atoms. The van der Waals surface area contributed by atoms with Crippen molar-refractivity contribution >= 4 is 11.6 Å². The lowest BCUT2D eigenvalue weighted by atomic mass is 10.1. The Bertz CT molecular complexity index is 749. The molecule has 0 bridgehead atoms. The van der Waals surface area contributed by atoms with Gasteiger partial charge >= 0.3 is 6.18 Å². The van der Waals surface area contributed by atoms with Crippen LogP contribution in [0.25, 0.3) is 0 Å². The molecule has 1 aromatic heterocycles. The van der Waals surface area contributed by atoms with Gasteiger partial charge in [0.15, 0.2) is 0 Å². The Labute approximate surface area is 143 Å². The summed E-state index contributed by atoms with van der Waals surface area (Å²) in [5.74, 6) is -0.368. The maximum Gasteiger partial charge on any atom is 0.416 e. The average molecular weight is 349 g/mol. The van der Waals surface area contributed by atoms with Crippen LogP contribution in [0.1, 0.15) is 22.8 Å². The number of hydrogen-bond donors (Lipinski definition) is 0. The van der Waals surface area contributed by atoms with Gasteiger partial charge in [0, 0.05) is 49.3 Å². The first kappa shape index (κ1) is 17.3. The molecule has 7 heteroatoms. The quantitative estimate of drug-likeness (QED) is 0.833. The van der Waals surface area contributed by atoms with Crippen molar-refractivity contribution < 1.29 is 18.0 Å². The van der Waals surface area contributed by atoms with Crippen molar-refractivity contribution in [2.75, 3.05) is 24.5 Å². The molecular formula is C18H18F3N3O. The lowest BCUT2D eigenvalue weighted by Crippen LogP contribution is -2.54. The van der Waals surface area contributed by atoms with Gasteiger partial charge in [0.25, 0.3) is 5.91 Å². The maximum atomic E-state index is 12.9. The van der Waals surface area contributed by atoms with E-state index >= 15 is 0 Å². The summed E-state index contributed by atoms with van der Waals surface area (Å²) in [5.41, 5.74) is 0.286. The first-order valence-corrected chi connectivity index (χ1v) is 7.99. The number of carbonyl (C=O) groups is 1. The number of nitrogens with zero attached hydrogens (tertiary/aromatic N) is 3. The molecule has 1 fully saturated rings. The van der Waals surface area contributed by atoms with Crippen LogP contribution in [-0.2, 0) is 6.18 Å². The number of aromatic nitrogens is 1. The van der Waals surface area contributed by atoms with Gasteiger partial charge in [-0.25, -0.2) is 0 Å². The van der Waals surface area contributed by atoms with E-state index in [9.17, 15) is 18.0 Å². The summed E-state index contributed by atoms with van der Waals surface area (Å²) >= 11 is 0. The summed E-state index contributed by atoms with van der Waals surface area (Å²) < 4.78 is 38.6. The molecule has 1 aliphatic rings. The zero-order valence-electron chi connectivity index (χ0n) is 13.7. The standard InChI is InChI=1S/C18H18F3N3O/c1-13-12-23(16-5-7-22-8-6-16)9-10-24(13)17(25)14-3-2-4-15(11-14)18(19,20)21/h2-8,11,13H,9-10,12H2,1H3. The van der Waals surface area contributed by atoms with Gasteiger partial charge in [-0.2, -0.15) is 13.2 Å². The molecule has 1 amide bonds. The monoisotopic (exact) mass is 349 g/mol. The minimum absolute atomic E-state index is 0.0686. The van der Waals surface area contributed by atoms with Crippen LogP contribution in [-0.4, -0.2) is 41.5 Å². The lowest BCUT2D eigenvalue weighted by molar-refractivity contribution is -0.137. The fourth-order valence-electron chi connectivity index (χ4n) is 3.04. The van der Waals surface area contributed by atoms with E-state index < -0.39 is 11.7 Å². The van der Waals surface area contributed by atoms with E-state index in [0.717, 1.165) is 17.8 Å². The van der Waals surface area contributed by atoms with E-state index in [0.29, 0.717) is 19.6 Å². The molecule has 1 aromatic carbocycles. The molecule has 0 spiro atoms. The summed E-state index contributed by atoms with van der Waals surface area (Å²) in [6, 6.07) is 8.29. The number of pyridine rings is 1. The predicted octanol–water partition coefficient (Wildman–Crippen LogP) is 3.45. The van der Waals surface area contributed by atoms with Crippen molar-refractivity contribution in [1.82, 2.24) is 9.88 Å². The summed E-state index contributed by atoms with van der Waals surface area (Å²) in [6.07, 6.45) is -1.04. The Morgan fingerprint density at radius 1 is 1.16 bits per heavy atom. The Balaban J connectivity index is 1.74. The van der Waals surface area contributed by atoms with E-state index in [1.165, 1.54) is 12.1 Å². The van der Waals surface area contributed by atoms with Crippen molar-refractivity contribution in [3.63, 3.8) is 0 Å². The van der Waals surface area contributed by atoms with Gasteiger partial charge in [0.1, 0.15) is 0 Å². The first-order chi connectivity index (χ1) is 11.9. The van der Waals surface area contributed by atoms with Crippen LogP contribution in [0, 0.1) is 0 Å². The molecule has 0 aliphatic carbocycles. The van der Waals surface area contributed by atoms with Gasteiger partial charge in [0.2, 0.25) is 0 Å². The number of halogens is 3. The molecule has 1 aliphatic heterocycles. The Kier molecular flexibility index (Phi) is 4.65. The van der Waals surface area contributed by atoms with Gasteiger partial charge < -0.3 is 9.80 Å². The molecular weight excluding hydrogens is 331 g/mol.